The second kappa shape index (κ2) is 5.74. The van der Waals surface area contributed by atoms with Gasteiger partial charge < -0.3 is 9.52 Å². The molecule has 2 aromatic heterocycles. The minimum atomic E-state index is -0.655. The van der Waals surface area contributed by atoms with Crippen LogP contribution in [0.2, 0.25) is 0 Å². The maximum absolute atomic E-state index is 9.41. The van der Waals surface area contributed by atoms with Gasteiger partial charge >= 0.3 is 0 Å². The van der Waals surface area contributed by atoms with Crippen LogP contribution in [0.3, 0.4) is 0 Å². The molecule has 0 fully saturated rings. The molecule has 8 heteroatoms. The fraction of sp³-hybridized carbons (Fsp3) is 0.231. The molecule has 0 radical (unpaired) electrons. The zero-order valence-corrected chi connectivity index (χ0v) is 12.7. The Morgan fingerprint density at radius 1 is 1.29 bits per heavy atom. The molecule has 1 aromatic carbocycles. The normalized spacial score (nSPS) is 12.5. The Labute approximate surface area is 128 Å². The summed E-state index contributed by atoms with van der Waals surface area (Å²) in [6.07, 6.45) is 0.991. The van der Waals surface area contributed by atoms with E-state index < -0.39 is 6.10 Å². The Balaban J connectivity index is 1.80. The summed E-state index contributed by atoms with van der Waals surface area (Å²) in [6, 6.07) is 7.61. The maximum atomic E-state index is 9.41. The van der Waals surface area contributed by atoms with E-state index in [2.05, 4.69) is 36.4 Å². The van der Waals surface area contributed by atoms with Crippen molar-refractivity contribution in [3.63, 3.8) is 0 Å². The minimum absolute atomic E-state index is 0.303. The van der Waals surface area contributed by atoms with Gasteiger partial charge in [-0.3, -0.25) is 0 Å². The Bertz CT molecular complexity index is 752. The van der Waals surface area contributed by atoms with E-state index in [4.69, 9.17) is 4.42 Å². The van der Waals surface area contributed by atoms with Crippen molar-refractivity contribution >= 4 is 15.9 Å². The van der Waals surface area contributed by atoms with E-state index in [9.17, 15) is 5.11 Å². The van der Waals surface area contributed by atoms with Crippen LogP contribution in [-0.2, 0) is 6.54 Å². The van der Waals surface area contributed by atoms with E-state index in [1.54, 1.807) is 17.8 Å². The summed E-state index contributed by atoms with van der Waals surface area (Å²) in [5, 5.41) is 25.2. The SMILES string of the molecule is CC(O)c1cn(Cc2nnc(-c3ccccc3Br)o2)nn1. The van der Waals surface area contributed by atoms with Crippen molar-refractivity contribution in [3.05, 3.63) is 46.5 Å². The lowest BCUT2D eigenvalue weighted by molar-refractivity contribution is 0.194. The molecule has 3 rings (SSSR count). The Hall–Kier alpha value is -2.06. The number of hydrogen-bond acceptors (Lipinski definition) is 6. The zero-order valence-electron chi connectivity index (χ0n) is 11.1. The standard InChI is InChI=1S/C13H12BrN5O2/c1-8(20)11-6-19(18-15-11)7-12-16-17-13(21-12)9-4-2-3-5-10(9)14/h2-6,8,20H,7H2,1H3. The largest absolute Gasteiger partial charge is 0.419 e. The Morgan fingerprint density at radius 3 is 2.81 bits per heavy atom. The van der Waals surface area contributed by atoms with Crippen LogP contribution in [0.15, 0.2) is 39.4 Å². The molecule has 0 amide bonds. The number of benzene rings is 1. The molecule has 0 aliphatic carbocycles. The number of halogens is 1. The Kier molecular flexibility index (Phi) is 3.80. The molecule has 1 atom stereocenters. The number of rotatable bonds is 4. The monoisotopic (exact) mass is 349 g/mol. The fourth-order valence-corrected chi connectivity index (χ4v) is 2.24. The molecule has 3 aromatic rings. The van der Waals surface area contributed by atoms with Gasteiger partial charge in [-0.25, -0.2) is 4.68 Å². The summed E-state index contributed by atoms with van der Waals surface area (Å²) in [5.41, 5.74) is 1.33. The van der Waals surface area contributed by atoms with Gasteiger partial charge in [0, 0.05) is 4.47 Å². The predicted octanol–water partition coefficient (Wildman–Crippen LogP) is 2.19. The van der Waals surface area contributed by atoms with Gasteiger partial charge in [0.2, 0.25) is 11.8 Å². The number of aliphatic hydroxyl groups is 1. The quantitative estimate of drug-likeness (QED) is 0.776. The molecule has 0 aliphatic rings. The van der Waals surface area contributed by atoms with Gasteiger partial charge in [0.05, 0.1) is 17.9 Å². The third-order valence-electron chi connectivity index (χ3n) is 2.85. The van der Waals surface area contributed by atoms with E-state index in [-0.39, 0.29) is 0 Å². The summed E-state index contributed by atoms with van der Waals surface area (Å²) in [6.45, 7) is 1.93. The van der Waals surface area contributed by atoms with Crippen molar-refractivity contribution < 1.29 is 9.52 Å². The van der Waals surface area contributed by atoms with Crippen molar-refractivity contribution in [2.75, 3.05) is 0 Å². The summed E-state index contributed by atoms with van der Waals surface area (Å²) in [7, 11) is 0. The van der Waals surface area contributed by atoms with Crippen LogP contribution >= 0.6 is 15.9 Å². The average molecular weight is 350 g/mol. The smallest absolute Gasteiger partial charge is 0.248 e. The van der Waals surface area contributed by atoms with E-state index in [0.717, 1.165) is 10.0 Å². The van der Waals surface area contributed by atoms with E-state index in [1.807, 2.05) is 24.3 Å². The van der Waals surface area contributed by atoms with Crippen LogP contribution in [0.1, 0.15) is 24.6 Å². The van der Waals surface area contributed by atoms with Gasteiger partial charge in [-0.05, 0) is 35.0 Å². The molecule has 7 nitrogen and oxygen atoms in total. The lowest BCUT2D eigenvalue weighted by Gasteiger charge is -1.97. The fourth-order valence-electron chi connectivity index (χ4n) is 1.78. The number of aromatic nitrogens is 5. The highest BCUT2D eigenvalue weighted by molar-refractivity contribution is 9.10. The van der Waals surface area contributed by atoms with Gasteiger partial charge in [0.15, 0.2) is 0 Å². The molecule has 0 saturated heterocycles. The van der Waals surface area contributed by atoms with Crippen LogP contribution in [0.25, 0.3) is 11.5 Å². The highest BCUT2D eigenvalue weighted by Gasteiger charge is 2.13. The van der Waals surface area contributed by atoms with Gasteiger partial charge in [-0.1, -0.05) is 17.3 Å². The van der Waals surface area contributed by atoms with Crippen molar-refractivity contribution in [2.45, 2.75) is 19.6 Å². The van der Waals surface area contributed by atoms with Gasteiger partial charge in [0.1, 0.15) is 12.2 Å². The van der Waals surface area contributed by atoms with Gasteiger partial charge in [-0.2, -0.15) is 0 Å². The number of aliphatic hydroxyl groups excluding tert-OH is 1. The first-order valence-corrected chi connectivity index (χ1v) is 7.08. The molecule has 0 bridgehead atoms. The van der Waals surface area contributed by atoms with Gasteiger partial charge in [-0.15, -0.1) is 15.3 Å². The van der Waals surface area contributed by atoms with Crippen molar-refractivity contribution in [1.29, 1.82) is 0 Å². The molecule has 21 heavy (non-hydrogen) atoms. The summed E-state index contributed by atoms with van der Waals surface area (Å²) >= 11 is 3.45. The second-order valence-electron chi connectivity index (χ2n) is 4.50. The molecular weight excluding hydrogens is 338 g/mol. The molecule has 0 spiro atoms. The first-order valence-electron chi connectivity index (χ1n) is 6.29. The van der Waals surface area contributed by atoms with Crippen LogP contribution in [-0.4, -0.2) is 30.3 Å². The minimum Gasteiger partial charge on any atom is -0.419 e. The van der Waals surface area contributed by atoms with Gasteiger partial charge in [0.25, 0.3) is 0 Å². The van der Waals surface area contributed by atoms with E-state index in [1.165, 1.54) is 0 Å². The average Bonchev–Trinajstić information content (AvgIpc) is 3.09. The molecule has 1 unspecified atom stereocenters. The topological polar surface area (TPSA) is 89.9 Å². The highest BCUT2D eigenvalue weighted by Crippen LogP contribution is 2.26. The van der Waals surface area contributed by atoms with Crippen LogP contribution in [0, 0.1) is 0 Å². The van der Waals surface area contributed by atoms with Crippen LogP contribution in [0.4, 0.5) is 0 Å². The van der Waals surface area contributed by atoms with Crippen molar-refractivity contribution in [2.24, 2.45) is 0 Å². The molecular formula is C13H12BrN5O2. The molecule has 108 valence electrons. The number of nitrogens with zero attached hydrogens (tertiary/aromatic N) is 5. The molecule has 1 N–H and O–H groups in total. The second-order valence-corrected chi connectivity index (χ2v) is 5.35. The van der Waals surface area contributed by atoms with Crippen LogP contribution < -0.4 is 0 Å². The maximum Gasteiger partial charge on any atom is 0.248 e. The predicted molar refractivity (Wildman–Crippen MR) is 77.2 cm³/mol. The molecule has 2 heterocycles. The summed E-state index contributed by atoms with van der Waals surface area (Å²) in [4.78, 5) is 0. The number of hydrogen-bond donors (Lipinski definition) is 1. The lowest BCUT2D eigenvalue weighted by atomic mass is 10.2. The lowest BCUT2D eigenvalue weighted by Crippen LogP contribution is -2.00. The van der Waals surface area contributed by atoms with Crippen molar-refractivity contribution in [3.8, 4) is 11.5 Å². The Morgan fingerprint density at radius 2 is 2.10 bits per heavy atom. The zero-order chi connectivity index (χ0) is 14.8. The highest BCUT2D eigenvalue weighted by atomic mass is 79.9. The third-order valence-corrected chi connectivity index (χ3v) is 3.54. The summed E-state index contributed by atoms with van der Waals surface area (Å²) in [5.74, 6) is 0.858. The first-order chi connectivity index (χ1) is 10.1. The summed E-state index contributed by atoms with van der Waals surface area (Å²) < 4.78 is 8.05. The first kappa shape index (κ1) is 13.9. The third kappa shape index (κ3) is 3.01. The van der Waals surface area contributed by atoms with E-state index in [0.29, 0.717) is 24.0 Å². The van der Waals surface area contributed by atoms with Crippen LogP contribution in [0.5, 0.6) is 0 Å². The van der Waals surface area contributed by atoms with Crippen molar-refractivity contribution in [1.82, 2.24) is 25.2 Å². The molecule has 0 aliphatic heterocycles. The van der Waals surface area contributed by atoms with E-state index >= 15 is 0 Å². The molecule has 0 saturated carbocycles.